The molecule has 0 N–H and O–H groups in total. The van der Waals surface area contributed by atoms with Crippen LogP contribution in [0.1, 0.15) is 30.6 Å². The topological polar surface area (TPSA) is 17.1 Å². The molecule has 0 radical (unpaired) electrons. The number of ketones is 1. The SMILES string of the molecule is CC(C)CCSCC(=O)c1cc(Cl)sc1Cl. The highest BCUT2D eigenvalue weighted by Crippen LogP contribution is 2.31. The maximum Gasteiger partial charge on any atom is 0.175 e. The summed E-state index contributed by atoms with van der Waals surface area (Å²) < 4.78 is 1.07. The van der Waals surface area contributed by atoms with Crippen molar-refractivity contribution in [2.75, 3.05) is 11.5 Å². The van der Waals surface area contributed by atoms with E-state index in [1.807, 2.05) is 0 Å². The van der Waals surface area contributed by atoms with Gasteiger partial charge >= 0.3 is 0 Å². The fourth-order valence-electron chi connectivity index (χ4n) is 1.09. The minimum atomic E-state index is 0.0712. The van der Waals surface area contributed by atoms with Gasteiger partial charge in [-0.15, -0.1) is 11.3 Å². The number of hydrogen-bond donors (Lipinski definition) is 0. The molecule has 0 amide bonds. The molecule has 0 saturated heterocycles. The molecule has 90 valence electrons. The molecule has 1 nitrogen and oxygen atoms in total. The number of thioether (sulfide) groups is 1. The van der Waals surface area contributed by atoms with Crippen LogP contribution in [0.3, 0.4) is 0 Å². The maximum atomic E-state index is 11.8. The Balaban J connectivity index is 2.38. The molecule has 0 fully saturated rings. The highest BCUT2D eigenvalue weighted by atomic mass is 35.5. The van der Waals surface area contributed by atoms with Gasteiger partial charge in [-0.25, -0.2) is 0 Å². The Hall–Kier alpha value is 0.300. The molecule has 1 aromatic rings. The smallest absolute Gasteiger partial charge is 0.175 e. The van der Waals surface area contributed by atoms with E-state index in [0.29, 0.717) is 25.9 Å². The Bertz CT molecular complexity index is 361. The lowest BCUT2D eigenvalue weighted by Gasteiger charge is -2.03. The van der Waals surface area contributed by atoms with Gasteiger partial charge in [0.05, 0.1) is 10.1 Å². The summed E-state index contributed by atoms with van der Waals surface area (Å²) in [6.45, 7) is 4.36. The van der Waals surface area contributed by atoms with Crippen LogP contribution in [-0.2, 0) is 0 Å². The normalized spacial score (nSPS) is 11.1. The minimum absolute atomic E-state index is 0.0712. The van der Waals surface area contributed by atoms with Crippen molar-refractivity contribution in [3.05, 3.63) is 20.3 Å². The standard InChI is InChI=1S/C11H14Cl2OS2/c1-7(2)3-4-15-6-9(14)8-5-10(12)16-11(8)13/h5,7H,3-4,6H2,1-2H3. The van der Waals surface area contributed by atoms with Crippen LogP contribution in [0.25, 0.3) is 0 Å². The second-order valence-electron chi connectivity index (χ2n) is 3.90. The quantitative estimate of drug-likeness (QED) is 0.542. The van der Waals surface area contributed by atoms with E-state index in [1.54, 1.807) is 17.8 Å². The third kappa shape index (κ3) is 4.66. The van der Waals surface area contributed by atoms with Gasteiger partial charge in [0.15, 0.2) is 5.78 Å². The van der Waals surface area contributed by atoms with Crippen molar-refractivity contribution in [1.29, 1.82) is 0 Å². The summed E-state index contributed by atoms with van der Waals surface area (Å²) in [7, 11) is 0. The predicted molar refractivity (Wildman–Crippen MR) is 75.4 cm³/mol. The third-order valence-electron chi connectivity index (χ3n) is 2.03. The Labute approximate surface area is 115 Å². The molecule has 0 aliphatic heterocycles. The molecule has 0 aliphatic rings. The summed E-state index contributed by atoms with van der Waals surface area (Å²) in [5.41, 5.74) is 0.564. The second kappa shape index (κ2) is 6.90. The molecule has 5 heteroatoms. The van der Waals surface area contributed by atoms with Crippen molar-refractivity contribution < 1.29 is 4.79 Å². The molecule has 0 unspecified atom stereocenters. The van der Waals surface area contributed by atoms with E-state index in [2.05, 4.69) is 13.8 Å². The highest BCUT2D eigenvalue weighted by molar-refractivity contribution is 7.99. The first-order valence-corrected chi connectivity index (χ1v) is 7.79. The van der Waals surface area contributed by atoms with E-state index in [1.165, 1.54) is 11.3 Å². The number of thiophene rings is 1. The Morgan fingerprint density at radius 3 is 2.69 bits per heavy atom. The second-order valence-corrected chi connectivity index (χ2v) is 7.29. The van der Waals surface area contributed by atoms with Crippen LogP contribution in [0.5, 0.6) is 0 Å². The van der Waals surface area contributed by atoms with Gasteiger partial charge in [-0.05, 0) is 24.2 Å². The molecule has 1 heterocycles. The Morgan fingerprint density at radius 1 is 1.50 bits per heavy atom. The zero-order valence-corrected chi connectivity index (χ0v) is 12.4. The summed E-state index contributed by atoms with van der Waals surface area (Å²) in [5.74, 6) is 2.25. The van der Waals surface area contributed by atoms with E-state index in [9.17, 15) is 4.79 Å². The molecule has 1 rings (SSSR count). The number of Topliss-reactive ketones (excluding diaryl/α,β-unsaturated/α-hetero) is 1. The first kappa shape index (κ1) is 14.4. The molecule has 0 saturated carbocycles. The fraction of sp³-hybridized carbons (Fsp3) is 0.545. The van der Waals surface area contributed by atoms with Crippen LogP contribution in [0.4, 0.5) is 0 Å². The van der Waals surface area contributed by atoms with Crippen molar-refractivity contribution >= 4 is 52.1 Å². The van der Waals surface area contributed by atoms with Gasteiger partial charge < -0.3 is 0 Å². The van der Waals surface area contributed by atoms with E-state index < -0.39 is 0 Å². The van der Waals surface area contributed by atoms with Gasteiger partial charge in [0, 0.05) is 5.56 Å². The van der Waals surface area contributed by atoms with Gasteiger partial charge in [0.1, 0.15) is 4.34 Å². The fourth-order valence-corrected chi connectivity index (χ4v) is 3.71. The summed E-state index contributed by atoms with van der Waals surface area (Å²) in [6.07, 6.45) is 1.13. The average Bonchev–Trinajstić information content (AvgIpc) is 2.52. The molecule has 0 spiro atoms. The summed E-state index contributed by atoms with van der Waals surface area (Å²) in [5, 5.41) is 0. The average molecular weight is 297 g/mol. The van der Waals surface area contributed by atoms with E-state index in [-0.39, 0.29) is 5.78 Å². The number of hydrogen-bond acceptors (Lipinski definition) is 3. The Morgan fingerprint density at radius 2 is 2.19 bits per heavy atom. The van der Waals surface area contributed by atoms with Crippen LogP contribution < -0.4 is 0 Å². The molecule has 0 bridgehead atoms. The van der Waals surface area contributed by atoms with E-state index in [4.69, 9.17) is 23.2 Å². The molecular formula is C11H14Cl2OS2. The highest BCUT2D eigenvalue weighted by Gasteiger charge is 2.13. The lowest BCUT2D eigenvalue weighted by Crippen LogP contribution is -2.02. The van der Waals surface area contributed by atoms with Crippen molar-refractivity contribution in [2.45, 2.75) is 20.3 Å². The molecule has 0 aromatic carbocycles. The molecule has 0 atom stereocenters. The zero-order valence-electron chi connectivity index (χ0n) is 9.26. The number of rotatable bonds is 6. The van der Waals surface area contributed by atoms with Crippen LogP contribution in [0, 0.1) is 5.92 Å². The summed E-state index contributed by atoms with van der Waals surface area (Å²) in [4.78, 5) is 11.8. The first-order chi connectivity index (χ1) is 7.50. The monoisotopic (exact) mass is 296 g/mol. The van der Waals surface area contributed by atoms with Crippen LogP contribution in [-0.4, -0.2) is 17.3 Å². The zero-order chi connectivity index (χ0) is 12.1. The number of halogens is 2. The van der Waals surface area contributed by atoms with Crippen molar-refractivity contribution in [2.24, 2.45) is 5.92 Å². The van der Waals surface area contributed by atoms with Crippen molar-refractivity contribution in [3.8, 4) is 0 Å². The number of carbonyl (C=O) groups excluding carboxylic acids is 1. The van der Waals surface area contributed by atoms with Gasteiger partial charge in [0.2, 0.25) is 0 Å². The molecule has 0 aliphatic carbocycles. The van der Waals surface area contributed by atoms with Crippen molar-refractivity contribution in [3.63, 3.8) is 0 Å². The maximum absolute atomic E-state index is 11.8. The van der Waals surface area contributed by atoms with Crippen molar-refractivity contribution in [1.82, 2.24) is 0 Å². The van der Waals surface area contributed by atoms with Crippen LogP contribution in [0.15, 0.2) is 6.07 Å². The Kier molecular flexibility index (Phi) is 6.19. The van der Waals surface area contributed by atoms with Gasteiger partial charge in [-0.2, -0.15) is 11.8 Å². The number of carbonyl (C=O) groups is 1. The lowest BCUT2D eigenvalue weighted by atomic mass is 10.2. The van der Waals surface area contributed by atoms with E-state index in [0.717, 1.165) is 12.2 Å². The third-order valence-corrected chi connectivity index (χ3v) is 4.51. The predicted octanol–water partition coefficient (Wildman–Crippen LogP) is 5.02. The van der Waals surface area contributed by atoms with Crippen LogP contribution >= 0.6 is 46.3 Å². The van der Waals surface area contributed by atoms with Gasteiger partial charge in [-0.1, -0.05) is 37.0 Å². The summed E-state index contributed by atoms with van der Waals surface area (Å²) >= 11 is 14.6. The summed E-state index contributed by atoms with van der Waals surface area (Å²) in [6, 6.07) is 1.65. The van der Waals surface area contributed by atoms with Gasteiger partial charge in [-0.3, -0.25) is 4.79 Å². The minimum Gasteiger partial charge on any atom is -0.293 e. The molecular weight excluding hydrogens is 283 g/mol. The first-order valence-electron chi connectivity index (χ1n) is 5.06. The van der Waals surface area contributed by atoms with E-state index >= 15 is 0 Å². The van der Waals surface area contributed by atoms with Crippen LogP contribution in [0.2, 0.25) is 8.67 Å². The molecule has 16 heavy (non-hydrogen) atoms. The largest absolute Gasteiger partial charge is 0.293 e. The molecule has 1 aromatic heterocycles. The van der Waals surface area contributed by atoms with Gasteiger partial charge in [0.25, 0.3) is 0 Å². The lowest BCUT2D eigenvalue weighted by molar-refractivity contribution is 0.102.